The smallest absolute Gasteiger partial charge is 0.257 e. The number of phenols is 1. The van der Waals surface area contributed by atoms with Gasteiger partial charge in [0.2, 0.25) is 11.3 Å². The maximum Gasteiger partial charge on any atom is 0.257 e. The minimum Gasteiger partial charge on any atom is -0.505 e. The van der Waals surface area contributed by atoms with E-state index in [-0.39, 0.29) is 34.3 Å². The van der Waals surface area contributed by atoms with Crippen molar-refractivity contribution in [1.29, 1.82) is 0 Å². The number of hydrogen-bond acceptors (Lipinski definition) is 9. The second-order valence-electron chi connectivity index (χ2n) is 6.35. The Balaban J connectivity index is 1.75. The standard InChI is InChI=1S/C19H17N7O3/c1-26(2)19(28)12-9-6-10-13(14(12)27)21-16-15(20-11-7-4-3-5-8-11)22-17-18(23-16)25-29-24-17/h3-10,27H,1-2H3,(H,20,22,24)(H,21,23,25). The van der Waals surface area contributed by atoms with E-state index in [2.05, 4.69) is 30.9 Å². The van der Waals surface area contributed by atoms with Crippen molar-refractivity contribution in [3.63, 3.8) is 0 Å². The van der Waals surface area contributed by atoms with E-state index in [0.29, 0.717) is 11.5 Å². The summed E-state index contributed by atoms with van der Waals surface area (Å²) in [7, 11) is 3.22. The molecule has 2 aromatic heterocycles. The number of nitrogens with one attached hydrogen (secondary N) is 2. The van der Waals surface area contributed by atoms with Gasteiger partial charge in [-0.2, -0.15) is 0 Å². The number of hydrogen-bond donors (Lipinski definition) is 3. The largest absolute Gasteiger partial charge is 0.505 e. The number of benzene rings is 2. The first-order valence-electron chi connectivity index (χ1n) is 8.66. The maximum atomic E-state index is 12.3. The molecule has 146 valence electrons. The number of aromatic hydroxyl groups is 1. The summed E-state index contributed by atoms with van der Waals surface area (Å²) in [5.41, 5.74) is 1.66. The predicted molar refractivity (Wildman–Crippen MR) is 107 cm³/mol. The predicted octanol–water partition coefficient (Wildman–Crippen LogP) is 2.91. The molecule has 10 nitrogen and oxygen atoms in total. The fourth-order valence-electron chi connectivity index (χ4n) is 2.66. The highest BCUT2D eigenvalue weighted by Gasteiger charge is 2.19. The lowest BCUT2D eigenvalue weighted by Gasteiger charge is -2.15. The van der Waals surface area contributed by atoms with Gasteiger partial charge in [-0.05, 0) is 34.6 Å². The molecule has 0 spiro atoms. The first-order chi connectivity index (χ1) is 14.0. The van der Waals surface area contributed by atoms with Gasteiger partial charge in [-0.15, -0.1) is 0 Å². The molecule has 0 bridgehead atoms. The summed E-state index contributed by atoms with van der Waals surface area (Å²) >= 11 is 0. The lowest BCUT2D eigenvalue weighted by atomic mass is 10.1. The van der Waals surface area contributed by atoms with Crippen molar-refractivity contribution in [2.45, 2.75) is 0 Å². The summed E-state index contributed by atoms with van der Waals surface area (Å²) in [6, 6.07) is 14.2. The van der Waals surface area contributed by atoms with Crippen LogP contribution in [0.3, 0.4) is 0 Å². The third kappa shape index (κ3) is 3.63. The number of anilines is 4. The van der Waals surface area contributed by atoms with Crippen LogP contribution in [0.15, 0.2) is 53.2 Å². The lowest BCUT2D eigenvalue weighted by molar-refractivity contribution is 0.0824. The van der Waals surface area contributed by atoms with Crippen molar-refractivity contribution < 1.29 is 14.5 Å². The second kappa shape index (κ2) is 7.43. The molecule has 0 fully saturated rings. The topological polar surface area (TPSA) is 129 Å². The van der Waals surface area contributed by atoms with Gasteiger partial charge in [0, 0.05) is 19.8 Å². The molecule has 3 N–H and O–H groups in total. The molecular formula is C19H17N7O3. The Morgan fingerprint density at radius 1 is 0.931 bits per heavy atom. The quantitative estimate of drug-likeness (QED) is 0.440. The van der Waals surface area contributed by atoms with Crippen LogP contribution in [0.1, 0.15) is 10.4 Å². The zero-order valence-corrected chi connectivity index (χ0v) is 15.6. The molecule has 4 rings (SSSR count). The summed E-state index contributed by atoms with van der Waals surface area (Å²) in [6.07, 6.45) is 0. The average molecular weight is 391 g/mol. The van der Waals surface area contributed by atoms with Gasteiger partial charge in [0.1, 0.15) is 0 Å². The van der Waals surface area contributed by atoms with Crippen LogP contribution in [0.5, 0.6) is 5.75 Å². The maximum absolute atomic E-state index is 12.3. The first-order valence-corrected chi connectivity index (χ1v) is 8.66. The Bertz CT molecular complexity index is 1180. The first kappa shape index (κ1) is 18.2. The SMILES string of the molecule is CN(C)C(=O)c1cccc(Nc2nc3nonc3nc2Nc2ccccc2)c1O. The van der Waals surface area contributed by atoms with Crippen molar-refractivity contribution in [1.82, 2.24) is 25.2 Å². The number of carbonyl (C=O) groups is 1. The Morgan fingerprint density at radius 2 is 1.59 bits per heavy atom. The van der Waals surface area contributed by atoms with Crippen LogP contribution in [0.25, 0.3) is 11.3 Å². The molecule has 0 aliphatic rings. The monoisotopic (exact) mass is 391 g/mol. The van der Waals surface area contributed by atoms with Crippen molar-refractivity contribution in [2.24, 2.45) is 0 Å². The molecule has 2 heterocycles. The minimum absolute atomic E-state index is 0.162. The third-order valence-electron chi connectivity index (χ3n) is 4.08. The zero-order chi connectivity index (χ0) is 20.4. The molecule has 0 aliphatic carbocycles. The van der Waals surface area contributed by atoms with Gasteiger partial charge < -0.3 is 20.6 Å². The van der Waals surface area contributed by atoms with Crippen LogP contribution < -0.4 is 10.6 Å². The van der Waals surface area contributed by atoms with Gasteiger partial charge in [0.15, 0.2) is 17.4 Å². The molecule has 10 heteroatoms. The van der Waals surface area contributed by atoms with Crippen LogP contribution in [0, 0.1) is 0 Å². The number of nitrogens with zero attached hydrogens (tertiary/aromatic N) is 5. The highest BCUT2D eigenvalue weighted by molar-refractivity contribution is 5.98. The van der Waals surface area contributed by atoms with Crippen LogP contribution in [0.2, 0.25) is 0 Å². The molecule has 0 saturated heterocycles. The Hall–Kier alpha value is -4.21. The van der Waals surface area contributed by atoms with E-state index < -0.39 is 0 Å². The van der Waals surface area contributed by atoms with E-state index in [0.717, 1.165) is 5.69 Å². The second-order valence-corrected chi connectivity index (χ2v) is 6.35. The Kier molecular flexibility index (Phi) is 4.65. The molecular weight excluding hydrogens is 374 g/mol. The van der Waals surface area contributed by atoms with E-state index in [9.17, 15) is 9.90 Å². The number of carbonyl (C=O) groups excluding carboxylic acids is 1. The molecule has 1 amide bonds. The van der Waals surface area contributed by atoms with Gasteiger partial charge in [-0.25, -0.2) is 14.6 Å². The summed E-state index contributed by atoms with van der Waals surface area (Å²) in [4.78, 5) is 22.4. The van der Waals surface area contributed by atoms with Crippen LogP contribution >= 0.6 is 0 Å². The van der Waals surface area contributed by atoms with Crippen molar-refractivity contribution in [2.75, 3.05) is 24.7 Å². The van der Waals surface area contributed by atoms with Crippen LogP contribution in [-0.4, -0.2) is 50.3 Å². The highest BCUT2D eigenvalue weighted by Crippen LogP contribution is 2.33. The average Bonchev–Trinajstić information content (AvgIpc) is 3.17. The van der Waals surface area contributed by atoms with E-state index >= 15 is 0 Å². The number of phenolic OH excluding ortho intramolecular Hbond substituents is 1. The zero-order valence-electron chi connectivity index (χ0n) is 15.6. The van der Waals surface area contributed by atoms with Gasteiger partial charge in [-0.1, -0.05) is 24.3 Å². The van der Waals surface area contributed by atoms with Gasteiger partial charge >= 0.3 is 0 Å². The third-order valence-corrected chi connectivity index (χ3v) is 4.08. The number of para-hydroxylation sites is 2. The molecule has 29 heavy (non-hydrogen) atoms. The molecule has 0 radical (unpaired) electrons. The van der Waals surface area contributed by atoms with Gasteiger partial charge in [-0.3, -0.25) is 4.79 Å². The number of rotatable bonds is 5. The highest BCUT2D eigenvalue weighted by atomic mass is 16.6. The Morgan fingerprint density at radius 3 is 2.24 bits per heavy atom. The van der Waals surface area contributed by atoms with Gasteiger partial charge in [0.25, 0.3) is 5.91 Å². The number of amides is 1. The molecule has 0 aliphatic heterocycles. The summed E-state index contributed by atoms with van der Waals surface area (Å²) in [5.74, 6) is 0.109. The molecule has 0 saturated carbocycles. The molecule has 0 atom stereocenters. The Labute approximate surface area is 165 Å². The summed E-state index contributed by atoms with van der Waals surface area (Å²) in [6.45, 7) is 0. The summed E-state index contributed by atoms with van der Waals surface area (Å²) < 4.78 is 4.70. The molecule has 4 aromatic rings. The van der Waals surface area contributed by atoms with Gasteiger partial charge in [0.05, 0.1) is 11.3 Å². The normalized spacial score (nSPS) is 10.7. The van der Waals surface area contributed by atoms with E-state index in [4.69, 9.17) is 4.63 Å². The van der Waals surface area contributed by atoms with Crippen molar-refractivity contribution in [3.8, 4) is 5.75 Å². The minimum atomic E-state index is -0.323. The number of aromatic nitrogens is 4. The van der Waals surface area contributed by atoms with Crippen molar-refractivity contribution >= 4 is 40.2 Å². The summed E-state index contributed by atoms with van der Waals surface area (Å²) in [5, 5.41) is 24.2. The molecule has 0 unspecified atom stereocenters. The van der Waals surface area contributed by atoms with Crippen LogP contribution in [-0.2, 0) is 0 Å². The molecule has 2 aromatic carbocycles. The fourth-order valence-corrected chi connectivity index (χ4v) is 2.66. The van der Waals surface area contributed by atoms with Crippen molar-refractivity contribution in [3.05, 3.63) is 54.1 Å². The van der Waals surface area contributed by atoms with E-state index in [1.807, 2.05) is 30.3 Å². The van der Waals surface area contributed by atoms with E-state index in [1.165, 1.54) is 4.90 Å². The van der Waals surface area contributed by atoms with Crippen LogP contribution in [0.4, 0.5) is 23.0 Å². The van der Waals surface area contributed by atoms with E-state index in [1.54, 1.807) is 32.3 Å². The fraction of sp³-hybridized carbons (Fsp3) is 0.105. The number of fused-ring (bicyclic) bond motifs is 1. The lowest BCUT2D eigenvalue weighted by Crippen LogP contribution is -2.21.